The van der Waals surface area contributed by atoms with E-state index in [9.17, 15) is 17.6 Å². The lowest BCUT2D eigenvalue weighted by molar-refractivity contribution is -0.133. The molecule has 1 aromatic carbocycles. The van der Waals surface area contributed by atoms with E-state index in [-0.39, 0.29) is 41.7 Å². The molecule has 1 unspecified atom stereocenters. The summed E-state index contributed by atoms with van der Waals surface area (Å²) in [4.78, 5) is 18.7. The van der Waals surface area contributed by atoms with Crippen LogP contribution in [0.3, 0.4) is 0 Å². The highest BCUT2D eigenvalue weighted by Gasteiger charge is 2.41. The van der Waals surface area contributed by atoms with Gasteiger partial charge in [0.25, 0.3) is 0 Å². The first kappa shape index (κ1) is 18.2. The molecule has 0 bridgehead atoms. The second-order valence-corrected chi connectivity index (χ2v) is 9.44. The molecule has 1 aliphatic heterocycles. The number of aryl methyl sites for hydroxylation is 1. The zero-order chi connectivity index (χ0) is 19.0. The van der Waals surface area contributed by atoms with Crippen LogP contribution in [-0.2, 0) is 21.1 Å². The van der Waals surface area contributed by atoms with Crippen LogP contribution in [0.15, 0.2) is 34.9 Å². The van der Waals surface area contributed by atoms with Crippen molar-refractivity contribution in [2.45, 2.75) is 44.2 Å². The van der Waals surface area contributed by atoms with Crippen molar-refractivity contribution >= 4 is 15.7 Å². The normalized spacial score (nSPS) is 21.3. The minimum Gasteiger partial charge on any atom is -0.441 e. The highest BCUT2D eigenvalue weighted by Crippen LogP contribution is 2.33. The number of halogens is 1. The van der Waals surface area contributed by atoms with Crippen molar-refractivity contribution in [3.05, 3.63) is 42.2 Å². The van der Waals surface area contributed by atoms with Gasteiger partial charge in [0.15, 0.2) is 21.5 Å². The third-order valence-electron chi connectivity index (χ3n) is 5.07. The Morgan fingerprint density at radius 1 is 1.19 bits per heavy atom. The molecule has 1 saturated carbocycles. The fourth-order valence-corrected chi connectivity index (χ4v) is 5.28. The number of carbonyl (C=O) groups is 1. The van der Waals surface area contributed by atoms with Gasteiger partial charge >= 0.3 is 0 Å². The molecule has 6 nitrogen and oxygen atoms in total. The molecule has 8 heteroatoms. The van der Waals surface area contributed by atoms with Crippen LogP contribution in [0, 0.1) is 5.82 Å². The quantitative estimate of drug-likeness (QED) is 0.755. The minimum absolute atomic E-state index is 0.0406. The fraction of sp³-hybridized carbons (Fsp3) is 0.474. The fourth-order valence-electron chi connectivity index (χ4n) is 3.57. The van der Waals surface area contributed by atoms with Crippen LogP contribution in [0.25, 0.3) is 11.3 Å². The van der Waals surface area contributed by atoms with Gasteiger partial charge in [-0.25, -0.2) is 17.8 Å². The van der Waals surface area contributed by atoms with E-state index in [0.29, 0.717) is 24.5 Å². The second kappa shape index (κ2) is 7.07. The van der Waals surface area contributed by atoms with Crippen molar-refractivity contribution in [3.63, 3.8) is 0 Å². The number of rotatable bonds is 6. The Morgan fingerprint density at radius 2 is 1.93 bits per heavy atom. The van der Waals surface area contributed by atoms with Gasteiger partial charge in [0.05, 0.1) is 17.7 Å². The maximum Gasteiger partial charge on any atom is 0.223 e. The molecule has 2 aliphatic rings. The Kier molecular flexibility index (Phi) is 4.75. The largest absolute Gasteiger partial charge is 0.441 e. The van der Waals surface area contributed by atoms with Crippen molar-refractivity contribution < 1.29 is 22.0 Å². The number of sulfone groups is 1. The zero-order valence-corrected chi connectivity index (χ0v) is 15.6. The number of hydrogen-bond acceptors (Lipinski definition) is 5. The van der Waals surface area contributed by atoms with E-state index >= 15 is 0 Å². The van der Waals surface area contributed by atoms with Gasteiger partial charge in [-0.15, -0.1) is 0 Å². The molecule has 0 N–H and O–H groups in total. The zero-order valence-electron chi connectivity index (χ0n) is 14.8. The Balaban J connectivity index is 1.39. The average Bonchev–Trinajstić information content (AvgIpc) is 3.22. The first-order valence-corrected chi connectivity index (χ1v) is 11.0. The molecule has 1 aromatic heterocycles. The third-order valence-corrected chi connectivity index (χ3v) is 6.82. The monoisotopic (exact) mass is 392 g/mol. The van der Waals surface area contributed by atoms with Crippen LogP contribution in [0.2, 0.25) is 0 Å². The van der Waals surface area contributed by atoms with Gasteiger partial charge in [-0.2, -0.15) is 0 Å². The molecule has 1 aliphatic carbocycles. The smallest absolute Gasteiger partial charge is 0.223 e. The predicted octanol–water partition coefficient (Wildman–Crippen LogP) is 2.59. The topological polar surface area (TPSA) is 80.5 Å². The van der Waals surface area contributed by atoms with Gasteiger partial charge in [-0.05, 0) is 43.5 Å². The Morgan fingerprint density at radius 3 is 2.56 bits per heavy atom. The van der Waals surface area contributed by atoms with Crippen LogP contribution in [0.1, 0.15) is 31.6 Å². The van der Waals surface area contributed by atoms with Crippen LogP contribution >= 0.6 is 0 Å². The molecule has 144 valence electrons. The Hall–Kier alpha value is -2.22. The van der Waals surface area contributed by atoms with E-state index in [1.165, 1.54) is 12.1 Å². The summed E-state index contributed by atoms with van der Waals surface area (Å²) in [7, 11) is -3.03. The highest BCUT2D eigenvalue weighted by atomic mass is 32.2. The van der Waals surface area contributed by atoms with Crippen LogP contribution < -0.4 is 0 Å². The molecule has 0 spiro atoms. The van der Waals surface area contributed by atoms with E-state index in [1.54, 1.807) is 23.2 Å². The van der Waals surface area contributed by atoms with Gasteiger partial charge in [-0.3, -0.25) is 4.79 Å². The molecule has 1 saturated heterocycles. The van der Waals surface area contributed by atoms with E-state index in [1.807, 2.05) is 0 Å². The SMILES string of the molecule is O=C(CCc1ncc(-c2ccc(F)cc2)o1)N(C1CC1)C1CCS(=O)(=O)C1. The lowest BCUT2D eigenvalue weighted by Crippen LogP contribution is -2.42. The molecule has 1 amide bonds. The number of carbonyl (C=O) groups excluding carboxylic acids is 1. The van der Waals surface area contributed by atoms with Gasteiger partial charge in [0.1, 0.15) is 5.82 Å². The number of oxazole rings is 1. The van der Waals surface area contributed by atoms with Crippen molar-refractivity contribution in [1.29, 1.82) is 0 Å². The number of amides is 1. The first-order chi connectivity index (χ1) is 12.9. The first-order valence-electron chi connectivity index (χ1n) is 9.13. The molecule has 4 rings (SSSR count). The summed E-state index contributed by atoms with van der Waals surface area (Å²) in [5.74, 6) is 0.841. The van der Waals surface area contributed by atoms with E-state index in [0.717, 1.165) is 18.4 Å². The summed E-state index contributed by atoms with van der Waals surface area (Å²) in [6.07, 6.45) is 4.55. The van der Waals surface area contributed by atoms with Gasteiger partial charge < -0.3 is 9.32 Å². The molecule has 0 radical (unpaired) electrons. The maximum absolute atomic E-state index is 13.0. The molecule has 27 heavy (non-hydrogen) atoms. The van der Waals surface area contributed by atoms with Gasteiger partial charge in [-0.1, -0.05) is 0 Å². The molecule has 2 fully saturated rings. The predicted molar refractivity (Wildman–Crippen MR) is 97.1 cm³/mol. The number of nitrogens with zero attached hydrogens (tertiary/aromatic N) is 2. The van der Waals surface area contributed by atoms with E-state index in [2.05, 4.69) is 4.98 Å². The standard InChI is InChI=1S/C19H21FN2O4S/c20-14-3-1-13(2-4-14)17-11-21-18(26-17)7-8-19(23)22(15-5-6-15)16-9-10-27(24,25)12-16/h1-4,11,15-16H,5-10,12H2. The van der Waals surface area contributed by atoms with Crippen molar-refractivity contribution in [2.75, 3.05) is 11.5 Å². The number of aromatic nitrogens is 1. The molecular weight excluding hydrogens is 371 g/mol. The third kappa shape index (κ3) is 4.21. The van der Waals surface area contributed by atoms with E-state index < -0.39 is 9.84 Å². The van der Waals surface area contributed by atoms with Gasteiger partial charge in [0, 0.05) is 30.5 Å². The van der Waals surface area contributed by atoms with Crippen LogP contribution in [-0.4, -0.2) is 47.8 Å². The molecular formula is C19H21FN2O4S. The van der Waals surface area contributed by atoms with Crippen LogP contribution in [0.5, 0.6) is 0 Å². The molecule has 2 aromatic rings. The lowest BCUT2D eigenvalue weighted by Gasteiger charge is -2.28. The molecule has 1 atom stereocenters. The summed E-state index contributed by atoms with van der Waals surface area (Å²) in [6, 6.07) is 5.90. The van der Waals surface area contributed by atoms with E-state index in [4.69, 9.17) is 4.42 Å². The van der Waals surface area contributed by atoms with Gasteiger partial charge in [0.2, 0.25) is 5.91 Å². The maximum atomic E-state index is 13.0. The summed E-state index contributed by atoms with van der Waals surface area (Å²) < 4.78 is 42.2. The molecule has 2 heterocycles. The van der Waals surface area contributed by atoms with Crippen molar-refractivity contribution in [3.8, 4) is 11.3 Å². The summed E-state index contributed by atoms with van der Waals surface area (Å²) in [5.41, 5.74) is 0.720. The summed E-state index contributed by atoms with van der Waals surface area (Å²) >= 11 is 0. The van der Waals surface area contributed by atoms with Crippen LogP contribution in [0.4, 0.5) is 4.39 Å². The average molecular weight is 392 g/mol. The summed E-state index contributed by atoms with van der Waals surface area (Å²) in [5, 5.41) is 0. The lowest BCUT2D eigenvalue weighted by atomic mass is 10.2. The Labute approximate surface area is 157 Å². The summed E-state index contributed by atoms with van der Waals surface area (Å²) in [6.45, 7) is 0. The number of hydrogen-bond donors (Lipinski definition) is 0. The minimum atomic E-state index is -3.03. The Bertz CT molecular complexity index is 935. The highest BCUT2D eigenvalue weighted by molar-refractivity contribution is 7.91. The number of benzene rings is 1. The van der Waals surface area contributed by atoms with Crippen molar-refractivity contribution in [2.24, 2.45) is 0 Å². The van der Waals surface area contributed by atoms with Crippen molar-refractivity contribution in [1.82, 2.24) is 9.88 Å². The second-order valence-electron chi connectivity index (χ2n) is 7.21.